The summed E-state index contributed by atoms with van der Waals surface area (Å²) in [5.41, 5.74) is -0.123. The Balaban J connectivity index is 1.54. The van der Waals surface area contributed by atoms with Crippen LogP contribution in [0, 0.1) is 35.0 Å². The minimum Gasteiger partial charge on any atom is -0.481 e. The molecule has 2 atom stereocenters. The molecule has 0 aromatic heterocycles. The van der Waals surface area contributed by atoms with Crippen LogP contribution in [0.1, 0.15) is 45.4 Å². The molecular formula is C17H25NO3. The van der Waals surface area contributed by atoms with Crippen molar-refractivity contribution in [1.29, 1.82) is 0 Å². The highest BCUT2D eigenvalue weighted by molar-refractivity contribution is 5.84. The Morgan fingerprint density at radius 2 is 1.52 bits per heavy atom. The van der Waals surface area contributed by atoms with Crippen LogP contribution in [0.3, 0.4) is 0 Å². The Labute approximate surface area is 125 Å². The maximum absolute atomic E-state index is 13.1. The Kier molecular flexibility index (Phi) is 2.89. The third-order valence-electron chi connectivity index (χ3n) is 6.71. The zero-order valence-corrected chi connectivity index (χ0v) is 12.8. The molecule has 4 bridgehead atoms. The fourth-order valence-corrected chi connectivity index (χ4v) is 6.16. The first-order valence-electron chi connectivity index (χ1n) is 8.49. The number of carbonyl (C=O) groups excluding carboxylic acids is 1. The second-order valence-corrected chi connectivity index (χ2v) is 8.33. The van der Waals surface area contributed by atoms with Crippen LogP contribution in [0.4, 0.5) is 0 Å². The maximum Gasteiger partial charge on any atom is 0.308 e. The standard InChI is InChI=1S/C17H25NO3/c1-10-8-18(9-14(10)15(19)20)16(21)17-5-11-2-12(6-17)4-13(3-11)7-17/h10-14H,2-9H2,1H3,(H,19,20)/t10-,11?,12?,13?,14-,17?/m1/s1. The number of amides is 1. The summed E-state index contributed by atoms with van der Waals surface area (Å²) >= 11 is 0. The van der Waals surface area contributed by atoms with E-state index in [2.05, 4.69) is 0 Å². The first kappa shape index (κ1) is 13.6. The van der Waals surface area contributed by atoms with Gasteiger partial charge in [0, 0.05) is 13.1 Å². The topological polar surface area (TPSA) is 57.6 Å². The van der Waals surface area contributed by atoms with E-state index in [4.69, 9.17) is 0 Å². The van der Waals surface area contributed by atoms with Gasteiger partial charge in [0.1, 0.15) is 0 Å². The second-order valence-electron chi connectivity index (χ2n) is 8.33. The van der Waals surface area contributed by atoms with Crippen LogP contribution >= 0.6 is 0 Å². The molecule has 5 aliphatic rings. The Bertz CT molecular complexity index is 451. The Morgan fingerprint density at radius 1 is 1.00 bits per heavy atom. The highest BCUT2D eigenvalue weighted by atomic mass is 16.4. The summed E-state index contributed by atoms with van der Waals surface area (Å²) in [4.78, 5) is 26.3. The normalized spacial score (nSPS) is 47.9. The van der Waals surface area contributed by atoms with Gasteiger partial charge in [0.2, 0.25) is 5.91 Å². The van der Waals surface area contributed by atoms with Gasteiger partial charge in [0.15, 0.2) is 0 Å². The first-order chi connectivity index (χ1) is 9.97. The van der Waals surface area contributed by atoms with Gasteiger partial charge in [-0.15, -0.1) is 0 Å². The molecule has 4 aliphatic carbocycles. The minimum atomic E-state index is -0.747. The molecule has 0 radical (unpaired) electrons. The van der Waals surface area contributed by atoms with Crippen molar-refractivity contribution < 1.29 is 14.7 Å². The van der Waals surface area contributed by atoms with Crippen molar-refractivity contribution >= 4 is 11.9 Å². The predicted octanol–water partition coefficient (Wildman–Crippen LogP) is 2.38. The van der Waals surface area contributed by atoms with E-state index in [0.29, 0.717) is 13.1 Å². The number of rotatable bonds is 2. The highest BCUT2D eigenvalue weighted by Crippen LogP contribution is 2.60. The molecule has 0 spiro atoms. The smallest absolute Gasteiger partial charge is 0.308 e. The van der Waals surface area contributed by atoms with E-state index in [1.54, 1.807) is 0 Å². The van der Waals surface area contributed by atoms with Crippen LogP contribution in [-0.4, -0.2) is 35.0 Å². The van der Waals surface area contributed by atoms with E-state index in [0.717, 1.165) is 37.0 Å². The van der Waals surface area contributed by atoms with Crippen molar-refractivity contribution in [2.45, 2.75) is 45.4 Å². The number of carboxylic acid groups (broad SMARTS) is 1. The summed E-state index contributed by atoms with van der Waals surface area (Å²) in [5, 5.41) is 9.28. The zero-order chi connectivity index (χ0) is 14.8. The van der Waals surface area contributed by atoms with Crippen LogP contribution in [0.5, 0.6) is 0 Å². The van der Waals surface area contributed by atoms with E-state index in [1.165, 1.54) is 19.3 Å². The van der Waals surface area contributed by atoms with E-state index in [9.17, 15) is 14.7 Å². The summed E-state index contributed by atoms with van der Waals surface area (Å²) in [6.45, 7) is 3.03. The largest absolute Gasteiger partial charge is 0.481 e. The molecule has 1 heterocycles. The summed E-state index contributed by atoms with van der Waals surface area (Å²) in [6, 6.07) is 0. The molecule has 4 nitrogen and oxygen atoms in total. The van der Waals surface area contributed by atoms with E-state index in [-0.39, 0.29) is 23.2 Å². The molecule has 1 N–H and O–H groups in total. The monoisotopic (exact) mass is 291 g/mol. The van der Waals surface area contributed by atoms with E-state index < -0.39 is 5.97 Å². The molecule has 5 rings (SSSR count). The first-order valence-corrected chi connectivity index (χ1v) is 8.49. The van der Waals surface area contributed by atoms with E-state index >= 15 is 0 Å². The van der Waals surface area contributed by atoms with Gasteiger partial charge in [0.25, 0.3) is 0 Å². The molecule has 0 aromatic rings. The molecule has 1 amide bonds. The molecule has 4 heteroatoms. The highest BCUT2D eigenvalue weighted by Gasteiger charge is 2.56. The van der Waals surface area contributed by atoms with E-state index in [1.807, 2.05) is 11.8 Å². The quantitative estimate of drug-likeness (QED) is 0.850. The van der Waals surface area contributed by atoms with Crippen molar-refractivity contribution in [2.24, 2.45) is 35.0 Å². The van der Waals surface area contributed by atoms with Gasteiger partial charge < -0.3 is 10.0 Å². The summed E-state index contributed by atoms with van der Waals surface area (Å²) < 4.78 is 0. The summed E-state index contributed by atoms with van der Waals surface area (Å²) in [6.07, 6.45) is 7.21. The van der Waals surface area contributed by atoms with Crippen LogP contribution in [0.25, 0.3) is 0 Å². The average molecular weight is 291 g/mol. The molecule has 21 heavy (non-hydrogen) atoms. The SMILES string of the molecule is C[C@@H]1CN(C(=O)C23CC4CC(CC(C4)C2)C3)C[C@H]1C(=O)O. The number of nitrogens with zero attached hydrogens (tertiary/aromatic N) is 1. The Hall–Kier alpha value is -1.06. The third-order valence-corrected chi connectivity index (χ3v) is 6.71. The van der Waals surface area contributed by atoms with Crippen LogP contribution in [0.2, 0.25) is 0 Å². The molecule has 1 saturated heterocycles. The van der Waals surface area contributed by atoms with Crippen LogP contribution < -0.4 is 0 Å². The van der Waals surface area contributed by atoms with Gasteiger partial charge in [-0.2, -0.15) is 0 Å². The van der Waals surface area contributed by atoms with Crippen molar-refractivity contribution in [3.8, 4) is 0 Å². The summed E-state index contributed by atoms with van der Waals surface area (Å²) in [5.74, 6) is 1.53. The number of hydrogen-bond donors (Lipinski definition) is 1. The Morgan fingerprint density at radius 3 is 1.95 bits per heavy atom. The molecule has 5 fully saturated rings. The molecular weight excluding hydrogens is 266 g/mol. The lowest BCUT2D eigenvalue weighted by Gasteiger charge is -2.56. The predicted molar refractivity (Wildman–Crippen MR) is 77.5 cm³/mol. The third kappa shape index (κ3) is 2.01. The van der Waals surface area contributed by atoms with Gasteiger partial charge in [0.05, 0.1) is 11.3 Å². The van der Waals surface area contributed by atoms with Crippen molar-refractivity contribution in [3.05, 3.63) is 0 Å². The molecule has 0 aromatic carbocycles. The van der Waals surface area contributed by atoms with Gasteiger partial charge in [-0.3, -0.25) is 9.59 Å². The lowest BCUT2D eigenvalue weighted by Crippen LogP contribution is -2.54. The lowest BCUT2D eigenvalue weighted by atomic mass is 9.49. The van der Waals surface area contributed by atoms with Gasteiger partial charge in [-0.05, 0) is 62.2 Å². The fraction of sp³-hybridized carbons (Fsp3) is 0.882. The zero-order valence-electron chi connectivity index (χ0n) is 12.8. The van der Waals surface area contributed by atoms with Crippen LogP contribution in [-0.2, 0) is 9.59 Å². The summed E-state index contributed by atoms with van der Waals surface area (Å²) in [7, 11) is 0. The number of carbonyl (C=O) groups is 2. The molecule has 1 aliphatic heterocycles. The van der Waals surface area contributed by atoms with Crippen molar-refractivity contribution in [1.82, 2.24) is 4.90 Å². The maximum atomic E-state index is 13.1. The minimum absolute atomic E-state index is 0.0837. The fourth-order valence-electron chi connectivity index (χ4n) is 6.16. The molecule has 0 unspecified atom stereocenters. The number of likely N-dealkylation sites (tertiary alicyclic amines) is 1. The lowest BCUT2D eigenvalue weighted by molar-refractivity contribution is -0.157. The number of hydrogen-bond acceptors (Lipinski definition) is 2. The van der Waals surface area contributed by atoms with Gasteiger partial charge in [-0.25, -0.2) is 0 Å². The molecule has 116 valence electrons. The average Bonchev–Trinajstić information content (AvgIpc) is 2.78. The van der Waals surface area contributed by atoms with Gasteiger partial charge in [-0.1, -0.05) is 6.92 Å². The van der Waals surface area contributed by atoms with Crippen molar-refractivity contribution in [2.75, 3.05) is 13.1 Å². The van der Waals surface area contributed by atoms with Crippen LogP contribution in [0.15, 0.2) is 0 Å². The molecule has 4 saturated carbocycles. The van der Waals surface area contributed by atoms with Gasteiger partial charge >= 0.3 is 5.97 Å². The van der Waals surface area contributed by atoms with Crippen molar-refractivity contribution in [3.63, 3.8) is 0 Å². The number of carboxylic acids is 1. The second kappa shape index (κ2) is 4.47. The number of aliphatic carboxylic acids is 1.